The number of amides is 1. The second-order valence-corrected chi connectivity index (χ2v) is 8.89. The monoisotopic (exact) mass is 545 g/mol. The number of carbonyl (C=O) groups excluding carboxylic acids is 2. The van der Waals surface area contributed by atoms with Crippen LogP contribution in [0.3, 0.4) is 0 Å². The number of esters is 1. The molecule has 1 aliphatic rings. The van der Waals surface area contributed by atoms with Crippen molar-refractivity contribution in [2.24, 2.45) is 17.6 Å². The van der Waals surface area contributed by atoms with Crippen molar-refractivity contribution in [2.45, 2.75) is 38.1 Å². The standard InChI is InChI=1S/C28H31N3O4.2ClH/c29-19-20-9-11-22(12-10-20)27(32)31-26(28(33)35-24-13-15-30-16-14-24)18-21-5-4-8-25(17-21)34-23-6-2-1-3-7-23;;/h1-8,13-17,20,22,26H,9-12,18-19,29H2,(H,31,32);2*1H/t20-,22-,26?;;. The number of nitrogens with zero attached hydrogens (tertiary/aromatic N) is 1. The number of nitrogens with two attached hydrogens (primary N) is 1. The first-order chi connectivity index (χ1) is 17.1. The van der Waals surface area contributed by atoms with Gasteiger partial charge in [-0.15, -0.1) is 24.8 Å². The number of aromatic nitrogens is 1. The maximum atomic E-state index is 13.1. The van der Waals surface area contributed by atoms with E-state index in [4.69, 9.17) is 15.2 Å². The van der Waals surface area contributed by atoms with Crippen molar-refractivity contribution in [3.05, 3.63) is 84.7 Å². The quantitative estimate of drug-likeness (QED) is 0.362. The number of nitrogens with one attached hydrogen (secondary N) is 1. The molecule has 1 unspecified atom stereocenters. The van der Waals surface area contributed by atoms with Crippen LogP contribution in [0.4, 0.5) is 0 Å². The Labute approximate surface area is 230 Å². The van der Waals surface area contributed by atoms with Crippen LogP contribution in [0, 0.1) is 11.8 Å². The van der Waals surface area contributed by atoms with Gasteiger partial charge in [-0.05, 0) is 80.1 Å². The molecule has 1 atom stereocenters. The van der Waals surface area contributed by atoms with Gasteiger partial charge in [-0.25, -0.2) is 4.79 Å². The van der Waals surface area contributed by atoms with E-state index in [9.17, 15) is 9.59 Å². The lowest BCUT2D eigenvalue weighted by molar-refractivity contribution is -0.140. The molecule has 0 aliphatic heterocycles. The van der Waals surface area contributed by atoms with Crippen LogP contribution in [-0.2, 0) is 16.0 Å². The molecule has 2 aromatic carbocycles. The Bertz CT molecular complexity index is 1110. The number of pyridine rings is 1. The summed E-state index contributed by atoms with van der Waals surface area (Å²) in [6.45, 7) is 0.649. The summed E-state index contributed by atoms with van der Waals surface area (Å²) in [6.07, 6.45) is 6.80. The summed E-state index contributed by atoms with van der Waals surface area (Å²) < 4.78 is 11.5. The third-order valence-corrected chi connectivity index (χ3v) is 6.34. The Hall–Kier alpha value is -3.13. The predicted octanol–water partition coefficient (Wildman–Crippen LogP) is 5.12. The molecule has 7 nitrogen and oxygen atoms in total. The minimum Gasteiger partial charge on any atom is -0.457 e. The van der Waals surface area contributed by atoms with Crippen molar-refractivity contribution in [3.8, 4) is 17.2 Å². The van der Waals surface area contributed by atoms with Crippen molar-refractivity contribution < 1.29 is 19.1 Å². The van der Waals surface area contributed by atoms with Gasteiger partial charge in [0.25, 0.3) is 0 Å². The van der Waals surface area contributed by atoms with Gasteiger partial charge in [-0.3, -0.25) is 9.78 Å². The van der Waals surface area contributed by atoms with Crippen LogP contribution < -0.4 is 20.5 Å². The van der Waals surface area contributed by atoms with Crippen LogP contribution in [0.2, 0.25) is 0 Å². The lowest BCUT2D eigenvalue weighted by atomic mass is 9.81. The molecule has 9 heteroatoms. The van der Waals surface area contributed by atoms with Crippen LogP contribution in [0.5, 0.6) is 17.2 Å². The highest BCUT2D eigenvalue weighted by Gasteiger charge is 2.30. The summed E-state index contributed by atoms with van der Waals surface area (Å²) in [6, 6.07) is 19.4. The molecule has 37 heavy (non-hydrogen) atoms. The smallest absolute Gasteiger partial charge is 0.334 e. The topological polar surface area (TPSA) is 104 Å². The molecule has 1 saturated carbocycles. The zero-order valence-corrected chi connectivity index (χ0v) is 22.1. The van der Waals surface area contributed by atoms with Crippen LogP contribution in [0.1, 0.15) is 31.2 Å². The van der Waals surface area contributed by atoms with Crippen LogP contribution in [0.15, 0.2) is 79.1 Å². The minimum absolute atomic E-state index is 0. The molecule has 1 heterocycles. The van der Waals surface area contributed by atoms with E-state index in [1.807, 2.05) is 54.6 Å². The summed E-state index contributed by atoms with van der Waals surface area (Å²) >= 11 is 0. The van der Waals surface area contributed by atoms with Gasteiger partial charge in [0.15, 0.2) is 0 Å². The highest BCUT2D eigenvalue weighted by molar-refractivity contribution is 5.87. The molecule has 0 saturated heterocycles. The SMILES string of the molecule is Cl.Cl.NC[C@H]1CC[C@H](C(=O)NC(Cc2cccc(Oc3ccccc3)c2)C(=O)Oc2ccncc2)CC1. The number of para-hydroxylation sites is 1. The first kappa shape index (κ1) is 30.1. The normalized spacial score (nSPS) is 17.3. The fourth-order valence-electron chi connectivity index (χ4n) is 4.33. The maximum absolute atomic E-state index is 13.1. The zero-order chi connectivity index (χ0) is 24.5. The van der Waals surface area contributed by atoms with Gasteiger partial charge in [-0.1, -0.05) is 30.3 Å². The van der Waals surface area contributed by atoms with E-state index < -0.39 is 12.0 Å². The van der Waals surface area contributed by atoms with E-state index in [0.717, 1.165) is 37.0 Å². The summed E-state index contributed by atoms with van der Waals surface area (Å²) in [7, 11) is 0. The van der Waals surface area contributed by atoms with Gasteiger partial charge in [0.05, 0.1) is 0 Å². The third kappa shape index (κ3) is 9.04. The van der Waals surface area contributed by atoms with Gasteiger partial charge >= 0.3 is 5.97 Å². The fourth-order valence-corrected chi connectivity index (χ4v) is 4.33. The lowest BCUT2D eigenvalue weighted by Crippen LogP contribution is -2.47. The van der Waals surface area contributed by atoms with E-state index in [0.29, 0.717) is 24.0 Å². The van der Waals surface area contributed by atoms with Crippen molar-refractivity contribution >= 4 is 36.7 Å². The highest BCUT2D eigenvalue weighted by atomic mass is 35.5. The number of benzene rings is 2. The molecule has 3 N–H and O–H groups in total. The first-order valence-corrected chi connectivity index (χ1v) is 12.0. The second-order valence-electron chi connectivity index (χ2n) is 8.89. The number of hydrogen-bond donors (Lipinski definition) is 2. The molecule has 0 bridgehead atoms. The van der Waals surface area contributed by atoms with Crippen molar-refractivity contribution in [1.82, 2.24) is 10.3 Å². The van der Waals surface area contributed by atoms with Crippen LogP contribution in [-0.4, -0.2) is 29.4 Å². The fraction of sp³-hybridized carbons (Fsp3) is 0.321. The molecule has 3 aromatic rings. The highest BCUT2D eigenvalue weighted by Crippen LogP contribution is 2.28. The molecule has 1 fully saturated rings. The van der Waals surface area contributed by atoms with E-state index >= 15 is 0 Å². The number of hydrogen-bond acceptors (Lipinski definition) is 6. The van der Waals surface area contributed by atoms with Crippen molar-refractivity contribution in [1.29, 1.82) is 0 Å². The Balaban J connectivity index is 0.00000241. The Morgan fingerprint density at radius 2 is 1.57 bits per heavy atom. The van der Waals surface area contributed by atoms with E-state index in [-0.39, 0.29) is 43.1 Å². The molecule has 1 aliphatic carbocycles. The van der Waals surface area contributed by atoms with Gasteiger partial charge in [0, 0.05) is 24.7 Å². The van der Waals surface area contributed by atoms with Gasteiger partial charge in [-0.2, -0.15) is 0 Å². The van der Waals surface area contributed by atoms with Gasteiger partial charge in [0.1, 0.15) is 23.3 Å². The van der Waals surface area contributed by atoms with Gasteiger partial charge < -0.3 is 20.5 Å². The van der Waals surface area contributed by atoms with E-state index in [1.54, 1.807) is 24.5 Å². The lowest BCUT2D eigenvalue weighted by Gasteiger charge is -2.28. The summed E-state index contributed by atoms with van der Waals surface area (Å²) in [5.74, 6) is 1.47. The molecule has 0 radical (unpaired) electrons. The first-order valence-electron chi connectivity index (χ1n) is 12.0. The maximum Gasteiger partial charge on any atom is 0.334 e. The molecule has 0 spiro atoms. The number of ether oxygens (including phenoxy) is 2. The summed E-state index contributed by atoms with van der Waals surface area (Å²) in [5, 5.41) is 2.96. The van der Waals surface area contributed by atoms with E-state index in [1.165, 1.54) is 0 Å². The van der Waals surface area contributed by atoms with Crippen molar-refractivity contribution in [3.63, 3.8) is 0 Å². The molecule has 4 rings (SSSR count). The summed E-state index contributed by atoms with van der Waals surface area (Å²) in [4.78, 5) is 30.1. The Morgan fingerprint density at radius 1 is 0.892 bits per heavy atom. The molecular formula is C28H33Cl2N3O4. The average Bonchev–Trinajstić information content (AvgIpc) is 2.89. The predicted molar refractivity (Wildman–Crippen MR) is 147 cm³/mol. The Morgan fingerprint density at radius 3 is 2.24 bits per heavy atom. The van der Waals surface area contributed by atoms with Crippen LogP contribution in [0.25, 0.3) is 0 Å². The zero-order valence-electron chi connectivity index (χ0n) is 20.5. The molecule has 1 amide bonds. The molecule has 1 aromatic heterocycles. The van der Waals surface area contributed by atoms with Crippen LogP contribution >= 0.6 is 24.8 Å². The largest absolute Gasteiger partial charge is 0.457 e. The minimum atomic E-state index is -0.838. The second kappa shape index (κ2) is 15.2. The van der Waals surface area contributed by atoms with E-state index in [2.05, 4.69) is 10.3 Å². The average molecular weight is 546 g/mol. The molecule has 198 valence electrons. The van der Waals surface area contributed by atoms with Gasteiger partial charge in [0.2, 0.25) is 5.91 Å². The third-order valence-electron chi connectivity index (χ3n) is 6.34. The molecular weight excluding hydrogens is 513 g/mol. The number of rotatable bonds is 9. The Kier molecular flexibility index (Phi) is 12.4. The number of carbonyl (C=O) groups is 2. The van der Waals surface area contributed by atoms with Crippen molar-refractivity contribution in [2.75, 3.05) is 6.54 Å². The number of halogens is 2. The summed E-state index contributed by atoms with van der Waals surface area (Å²) in [5.41, 5.74) is 6.64.